The molecule has 0 aliphatic carbocycles. The van der Waals surface area contributed by atoms with Gasteiger partial charge in [-0.25, -0.2) is 0 Å². The Balaban J connectivity index is 2.98. The van der Waals surface area contributed by atoms with E-state index in [0.29, 0.717) is 23.4 Å². The molecule has 0 aromatic rings. The molecule has 2 amide bonds. The number of nitrogens with zero attached hydrogens (tertiary/aromatic N) is 2. The van der Waals surface area contributed by atoms with Gasteiger partial charge in [0.05, 0.1) is 0 Å². The number of alkyl halides is 2. The average Bonchev–Trinajstić information content (AvgIpc) is 2.71. The Kier molecular flexibility index (Phi) is 7.42. The first kappa shape index (κ1) is 22.2. The molecule has 1 N–H and O–H groups in total. The lowest BCUT2D eigenvalue weighted by molar-refractivity contribution is -0.140. The van der Waals surface area contributed by atoms with Crippen molar-refractivity contribution >= 4 is 21.1 Å². The van der Waals surface area contributed by atoms with Crippen molar-refractivity contribution in [2.75, 3.05) is 20.1 Å². The van der Waals surface area contributed by atoms with Crippen LogP contribution in [0.15, 0.2) is 46.7 Å². The maximum atomic E-state index is 13.5. The van der Waals surface area contributed by atoms with E-state index in [1.807, 2.05) is 18.9 Å². The van der Waals surface area contributed by atoms with Crippen molar-refractivity contribution in [3.8, 4) is 0 Å². The molecule has 1 heterocycles. The molecule has 0 spiro atoms. The minimum atomic E-state index is -3.11. The molecule has 1 rings (SSSR count). The molecule has 0 aromatic carbocycles. The molecule has 1 atom stereocenters. The fourth-order valence-electron chi connectivity index (χ4n) is 2.31. The minimum Gasteiger partial charge on any atom is -0.302 e. The second-order valence-corrected chi connectivity index (χ2v) is 7.05. The van der Waals surface area contributed by atoms with Gasteiger partial charge < -0.3 is 4.90 Å². The predicted molar refractivity (Wildman–Crippen MR) is 102 cm³/mol. The Morgan fingerprint density at radius 2 is 1.88 bits per heavy atom. The van der Waals surface area contributed by atoms with Crippen molar-refractivity contribution in [3.63, 3.8) is 0 Å². The van der Waals surface area contributed by atoms with Crippen molar-refractivity contribution in [3.05, 3.63) is 46.7 Å². The van der Waals surface area contributed by atoms with Crippen LogP contribution in [0.1, 0.15) is 27.7 Å². The summed E-state index contributed by atoms with van der Waals surface area (Å²) in [4.78, 5) is 26.7. The van der Waals surface area contributed by atoms with E-state index >= 15 is 0 Å². The molecule has 0 saturated carbocycles. The van der Waals surface area contributed by atoms with Crippen molar-refractivity contribution in [2.24, 2.45) is 0 Å². The zero-order valence-electron chi connectivity index (χ0n) is 15.8. The van der Waals surface area contributed by atoms with Crippen LogP contribution < -0.4 is 5.43 Å². The lowest BCUT2D eigenvalue weighted by atomic mass is 10.1. The van der Waals surface area contributed by atoms with Gasteiger partial charge in [0.2, 0.25) is 0 Å². The first-order chi connectivity index (χ1) is 11.9. The van der Waals surface area contributed by atoms with Gasteiger partial charge in [0, 0.05) is 29.0 Å². The van der Waals surface area contributed by atoms with E-state index in [-0.39, 0.29) is 11.1 Å². The third-order valence-electron chi connectivity index (χ3n) is 4.01. The van der Waals surface area contributed by atoms with E-state index in [4.69, 9.17) is 0 Å². The van der Waals surface area contributed by atoms with E-state index in [9.17, 15) is 18.4 Å². The maximum Gasteiger partial charge on any atom is 0.284 e. The number of allylic oxidation sites excluding steroid dienone is 5. The monoisotopic (exact) mass is 385 g/mol. The van der Waals surface area contributed by atoms with E-state index in [0.717, 1.165) is 11.6 Å². The second kappa shape index (κ2) is 8.69. The Bertz CT molecular complexity index is 706. The quantitative estimate of drug-likeness (QED) is 0.397. The highest BCUT2D eigenvalue weighted by Crippen LogP contribution is 2.35. The third kappa shape index (κ3) is 5.32. The molecule has 1 aliphatic heterocycles. The van der Waals surface area contributed by atoms with Crippen LogP contribution in [-0.2, 0) is 9.59 Å². The number of hydrogen-bond donors (Lipinski definition) is 1. The lowest BCUT2D eigenvalue weighted by Crippen LogP contribution is -2.43. The van der Waals surface area contributed by atoms with Gasteiger partial charge in [-0.3, -0.25) is 15.0 Å². The number of hydrogen-bond acceptors (Lipinski definition) is 4. The summed E-state index contributed by atoms with van der Waals surface area (Å²) in [5.74, 6) is -0.872. The largest absolute Gasteiger partial charge is 0.302 e. The highest BCUT2D eigenvalue weighted by Gasteiger charge is 2.36. The summed E-state index contributed by atoms with van der Waals surface area (Å²) in [5, 5.41) is 0.910. The molecule has 0 radical (unpaired) electrons. The van der Waals surface area contributed by atoms with Gasteiger partial charge in [-0.2, -0.15) is 13.8 Å². The van der Waals surface area contributed by atoms with Crippen LogP contribution >= 0.6 is 9.24 Å². The zero-order valence-corrected chi connectivity index (χ0v) is 17.0. The molecular weight excluding hydrogens is 359 g/mol. The fraction of sp³-hybridized carbons (Fsp3) is 0.444. The van der Waals surface area contributed by atoms with Crippen molar-refractivity contribution < 1.29 is 18.4 Å². The summed E-state index contributed by atoms with van der Waals surface area (Å²) >= 11 is 0. The van der Waals surface area contributed by atoms with E-state index in [2.05, 4.69) is 12.0 Å². The molecule has 1 unspecified atom stereocenters. The predicted octanol–water partition coefficient (Wildman–Crippen LogP) is 3.00. The van der Waals surface area contributed by atoms with Gasteiger partial charge in [-0.05, 0) is 46.0 Å². The molecule has 144 valence electrons. The van der Waals surface area contributed by atoms with Crippen LogP contribution in [0.5, 0.6) is 0 Å². The van der Waals surface area contributed by atoms with Crippen LogP contribution in [0, 0.1) is 0 Å². The van der Waals surface area contributed by atoms with Gasteiger partial charge in [-0.15, -0.1) is 0 Å². The van der Waals surface area contributed by atoms with Crippen LogP contribution in [0.4, 0.5) is 8.78 Å². The van der Waals surface area contributed by atoms with Gasteiger partial charge >= 0.3 is 0 Å². The van der Waals surface area contributed by atoms with Crippen LogP contribution in [0.2, 0.25) is 0 Å². The lowest BCUT2D eigenvalue weighted by Gasteiger charge is -2.19. The number of imide groups is 1. The van der Waals surface area contributed by atoms with E-state index in [1.54, 1.807) is 13.8 Å². The standard InChI is InChI=1S/C18H26F2N3O2P/c1-7-22(6)10-14-13(5)16(24)23(17(14)25)21-12(4)8-9-15(11(2)3)18(19,20)26/h8-9,21H,2,7,10,26H2,1,3-6H3/b12-8+,15-9+. The number of likely N-dealkylation sites (N-methyl/N-ethyl adjacent to an activating group) is 1. The highest BCUT2D eigenvalue weighted by molar-refractivity contribution is 7.18. The summed E-state index contributed by atoms with van der Waals surface area (Å²) in [6.07, 6.45) is 2.60. The smallest absolute Gasteiger partial charge is 0.284 e. The minimum absolute atomic E-state index is 0.227. The van der Waals surface area contributed by atoms with E-state index in [1.165, 1.54) is 28.3 Å². The first-order valence-electron chi connectivity index (χ1n) is 8.15. The molecule has 26 heavy (non-hydrogen) atoms. The van der Waals surface area contributed by atoms with Gasteiger partial charge in [-0.1, -0.05) is 28.8 Å². The van der Waals surface area contributed by atoms with Gasteiger partial charge in [0.15, 0.2) is 0 Å². The van der Waals surface area contributed by atoms with Gasteiger partial charge in [0.25, 0.3) is 17.5 Å². The zero-order chi connectivity index (χ0) is 20.2. The summed E-state index contributed by atoms with van der Waals surface area (Å²) < 4.78 is 27.1. The summed E-state index contributed by atoms with van der Waals surface area (Å²) in [6, 6.07) is 0. The summed E-state index contributed by atoms with van der Waals surface area (Å²) in [5.41, 5.74) is 0.729. The maximum absolute atomic E-state index is 13.5. The molecule has 5 nitrogen and oxygen atoms in total. The third-order valence-corrected chi connectivity index (χ3v) is 4.32. The van der Waals surface area contributed by atoms with Crippen LogP contribution in [0.25, 0.3) is 0 Å². The second-order valence-electron chi connectivity index (χ2n) is 6.32. The number of amides is 2. The number of halogens is 2. The average molecular weight is 385 g/mol. The molecule has 0 aromatic heterocycles. The Morgan fingerprint density at radius 3 is 2.35 bits per heavy atom. The summed E-state index contributed by atoms with van der Waals surface area (Å²) in [6.45, 7) is 11.3. The highest BCUT2D eigenvalue weighted by atomic mass is 31.0. The molecular formula is C18H26F2N3O2P. The molecule has 0 fully saturated rings. The number of carbonyl (C=O) groups is 2. The number of hydrazine groups is 1. The Hall–Kier alpha value is -1.85. The first-order valence-corrected chi connectivity index (χ1v) is 8.73. The summed E-state index contributed by atoms with van der Waals surface area (Å²) in [7, 11) is 3.32. The SMILES string of the molecule is C=C(C)/C(=C\C=C(/C)NN1C(=O)C(C)=C(CN(C)CC)C1=O)C(F)(F)P. The molecule has 8 heteroatoms. The Labute approximate surface area is 155 Å². The Morgan fingerprint density at radius 1 is 1.31 bits per heavy atom. The normalized spacial score (nSPS) is 16.9. The molecule has 0 saturated heterocycles. The number of rotatable bonds is 8. The van der Waals surface area contributed by atoms with Crippen LogP contribution in [0.3, 0.4) is 0 Å². The fourth-order valence-corrected chi connectivity index (χ4v) is 2.66. The van der Waals surface area contributed by atoms with Gasteiger partial charge in [0.1, 0.15) is 0 Å². The van der Waals surface area contributed by atoms with Crippen molar-refractivity contribution in [1.29, 1.82) is 0 Å². The van der Waals surface area contributed by atoms with Crippen molar-refractivity contribution in [2.45, 2.75) is 33.4 Å². The topological polar surface area (TPSA) is 52.7 Å². The van der Waals surface area contributed by atoms with Crippen molar-refractivity contribution in [1.82, 2.24) is 15.3 Å². The number of carbonyl (C=O) groups excluding carboxylic acids is 2. The van der Waals surface area contributed by atoms with Crippen LogP contribution in [-0.4, -0.2) is 47.5 Å². The molecule has 0 bridgehead atoms. The number of nitrogens with one attached hydrogen (secondary N) is 1. The van der Waals surface area contributed by atoms with E-state index < -0.39 is 17.5 Å². The molecule has 1 aliphatic rings.